The zero-order valence-electron chi connectivity index (χ0n) is 9.76. The summed E-state index contributed by atoms with van der Waals surface area (Å²) in [5.41, 5.74) is 1.85. The lowest BCUT2D eigenvalue weighted by Gasteiger charge is -2.14. The maximum Gasteiger partial charge on any atom is 0.347 e. The van der Waals surface area contributed by atoms with Gasteiger partial charge in [0.15, 0.2) is 0 Å². The first-order valence-corrected chi connectivity index (χ1v) is 6.91. The largest absolute Gasteiger partial charge is 0.483 e. The van der Waals surface area contributed by atoms with Crippen molar-refractivity contribution in [1.82, 2.24) is 4.98 Å². The first-order chi connectivity index (χ1) is 8.99. The molecule has 2 aromatic rings. The summed E-state index contributed by atoms with van der Waals surface area (Å²) in [6.07, 6.45) is -0.518. The van der Waals surface area contributed by atoms with Crippen LogP contribution in [0.3, 0.4) is 0 Å². The number of hydrogen-bond acceptors (Lipinski definition) is 4. The number of halogens is 2. The van der Waals surface area contributed by atoms with Gasteiger partial charge < -0.3 is 9.84 Å². The Labute approximate surface area is 123 Å². The Morgan fingerprint density at radius 3 is 2.84 bits per heavy atom. The van der Waals surface area contributed by atoms with Gasteiger partial charge in [-0.3, -0.25) is 0 Å². The van der Waals surface area contributed by atoms with Crippen molar-refractivity contribution in [3.8, 4) is 5.75 Å². The number of aromatic carboxylic acids is 1. The van der Waals surface area contributed by atoms with Gasteiger partial charge in [0, 0.05) is 5.02 Å². The molecule has 0 bridgehead atoms. The van der Waals surface area contributed by atoms with E-state index in [1.54, 1.807) is 25.1 Å². The Kier molecular flexibility index (Phi) is 4.29. The number of thiazole rings is 1. The zero-order valence-corrected chi connectivity index (χ0v) is 12.1. The highest BCUT2D eigenvalue weighted by Crippen LogP contribution is 2.32. The molecule has 1 unspecified atom stereocenters. The van der Waals surface area contributed by atoms with Crippen molar-refractivity contribution in [3.63, 3.8) is 0 Å². The molecular formula is C12H9Cl2NO3S. The predicted molar refractivity (Wildman–Crippen MR) is 74.6 cm³/mol. The first-order valence-electron chi connectivity index (χ1n) is 5.27. The van der Waals surface area contributed by atoms with E-state index >= 15 is 0 Å². The third-order valence-electron chi connectivity index (χ3n) is 2.37. The Morgan fingerprint density at radius 1 is 1.47 bits per heavy atom. The number of hydrogen-bond donors (Lipinski definition) is 1. The lowest BCUT2D eigenvalue weighted by atomic mass is 10.2. The molecule has 2 rings (SSSR count). The molecule has 0 aliphatic carbocycles. The number of benzene rings is 1. The number of carboxylic acid groups (broad SMARTS) is 1. The van der Waals surface area contributed by atoms with E-state index in [0.717, 1.165) is 11.3 Å². The lowest BCUT2D eigenvalue weighted by Crippen LogP contribution is -2.08. The van der Waals surface area contributed by atoms with E-state index in [1.165, 1.54) is 5.51 Å². The third-order valence-corrected chi connectivity index (χ3v) is 3.73. The molecule has 0 saturated heterocycles. The van der Waals surface area contributed by atoms with Crippen LogP contribution in [0.1, 0.15) is 28.4 Å². The Balaban J connectivity index is 2.23. The predicted octanol–water partition coefficient (Wildman–Crippen LogP) is 4.29. The van der Waals surface area contributed by atoms with Gasteiger partial charge in [0.2, 0.25) is 0 Å². The molecule has 1 atom stereocenters. The van der Waals surface area contributed by atoms with Gasteiger partial charge >= 0.3 is 5.97 Å². The fourth-order valence-electron chi connectivity index (χ4n) is 1.52. The normalized spacial score (nSPS) is 12.2. The molecule has 1 heterocycles. The van der Waals surface area contributed by atoms with Crippen molar-refractivity contribution in [3.05, 3.63) is 44.3 Å². The molecule has 0 saturated carbocycles. The SMILES string of the molecule is CC(Oc1ccc(Cl)cc1Cl)c1ncsc1C(=O)O. The van der Waals surface area contributed by atoms with Gasteiger partial charge in [-0.05, 0) is 25.1 Å². The summed E-state index contributed by atoms with van der Waals surface area (Å²) >= 11 is 12.8. The van der Waals surface area contributed by atoms with Gasteiger partial charge in [0.25, 0.3) is 0 Å². The summed E-state index contributed by atoms with van der Waals surface area (Å²) < 4.78 is 5.63. The van der Waals surface area contributed by atoms with Crippen LogP contribution in [0.25, 0.3) is 0 Å². The molecule has 1 aromatic carbocycles. The molecule has 4 nitrogen and oxygen atoms in total. The van der Waals surface area contributed by atoms with E-state index in [2.05, 4.69) is 4.98 Å². The zero-order chi connectivity index (χ0) is 14.0. The number of ether oxygens (including phenoxy) is 1. The van der Waals surface area contributed by atoms with Crippen LogP contribution in [0.4, 0.5) is 0 Å². The van der Waals surface area contributed by atoms with Crippen molar-refractivity contribution in [2.24, 2.45) is 0 Å². The second kappa shape index (κ2) is 5.77. The van der Waals surface area contributed by atoms with E-state index in [0.29, 0.717) is 21.5 Å². The Bertz CT molecular complexity index is 615. The minimum Gasteiger partial charge on any atom is -0.483 e. The number of carboxylic acids is 1. The molecule has 7 heteroatoms. The van der Waals surface area contributed by atoms with Crippen LogP contribution in [-0.2, 0) is 0 Å². The summed E-state index contributed by atoms with van der Waals surface area (Å²) in [7, 11) is 0. The Hall–Kier alpha value is -1.30. The van der Waals surface area contributed by atoms with Crippen molar-refractivity contribution >= 4 is 40.5 Å². The molecule has 0 fully saturated rings. The minimum atomic E-state index is -1.02. The quantitative estimate of drug-likeness (QED) is 0.913. The van der Waals surface area contributed by atoms with Gasteiger partial charge in [-0.25, -0.2) is 9.78 Å². The molecule has 1 aromatic heterocycles. The number of rotatable bonds is 4. The summed E-state index contributed by atoms with van der Waals surface area (Å²) in [4.78, 5) is 15.2. The van der Waals surface area contributed by atoms with Crippen LogP contribution < -0.4 is 4.74 Å². The Morgan fingerprint density at radius 2 is 2.21 bits per heavy atom. The standard InChI is InChI=1S/C12H9Cl2NO3S/c1-6(10-11(12(16)17)19-5-15-10)18-9-3-2-7(13)4-8(9)14/h2-6H,1H3,(H,16,17). The highest BCUT2D eigenvalue weighted by molar-refractivity contribution is 7.11. The van der Waals surface area contributed by atoms with Crippen molar-refractivity contribution in [2.45, 2.75) is 13.0 Å². The highest BCUT2D eigenvalue weighted by Gasteiger charge is 2.21. The highest BCUT2D eigenvalue weighted by atomic mass is 35.5. The van der Waals surface area contributed by atoms with E-state index in [9.17, 15) is 4.79 Å². The van der Waals surface area contributed by atoms with Crippen LogP contribution in [0.2, 0.25) is 10.0 Å². The number of aromatic nitrogens is 1. The van der Waals surface area contributed by atoms with Gasteiger partial charge in [-0.2, -0.15) is 0 Å². The van der Waals surface area contributed by atoms with Crippen LogP contribution in [0.15, 0.2) is 23.7 Å². The van der Waals surface area contributed by atoms with Gasteiger partial charge in [-0.15, -0.1) is 11.3 Å². The average Bonchev–Trinajstić information content (AvgIpc) is 2.82. The van der Waals surface area contributed by atoms with Gasteiger partial charge in [0.05, 0.1) is 10.5 Å². The first kappa shape index (κ1) is 14.1. The number of carbonyl (C=O) groups is 1. The van der Waals surface area contributed by atoms with E-state index in [4.69, 9.17) is 33.0 Å². The summed E-state index contributed by atoms with van der Waals surface area (Å²) in [5, 5.41) is 9.90. The fraction of sp³-hybridized carbons (Fsp3) is 0.167. The molecule has 0 amide bonds. The smallest absolute Gasteiger partial charge is 0.347 e. The fourth-order valence-corrected chi connectivity index (χ4v) is 2.69. The van der Waals surface area contributed by atoms with Crippen LogP contribution >= 0.6 is 34.5 Å². The number of nitrogens with zero attached hydrogens (tertiary/aromatic N) is 1. The maximum absolute atomic E-state index is 11.0. The minimum absolute atomic E-state index is 0.164. The van der Waals surface area contributed by atoms with Crippen LogP contribution in [-0.4, -0.2) is 16.1 Å². The van der Waals surface area contributed by atoms with Crippen molar-refractivity contribution in [2.75, 3.05) is 0 Å². The lowest BCUT2D eigenvalue weighted by molar-refractivity contribution is 0.0696. The molecule has 0 aliphatic rings. The topological polar surface area (TPSA) is 59.4 Å². The van der Waals surface area contributed by atoms with Gasteiger partial charge in [-0.1, -0.05) is 23.2 Å². The molecule has 100 valence electrons. The van der Waals surface area contributed by atoms with Gasteiger partial charge in [0.1, 0.15) is 22.4 Å². The average molecular weight is 318 g/mol. The molecule has 19 heavy (non-hydrogen) atoms. The molecular weight excluding hydrogens is 309 g/mol. The van der Waals surface area contributed by atoms with Crippen molar-refractivity contribution < 1.29 is 14.6 Å². The summed E-state index contributed by atoms with van der Waals surface area (Å²) in [6.45, 7) is 1.71. The third kappa shape index (κ3) is 3.18. The van der Waals surface area contributed by atoms with Crippen LogP contribution in [0, 0.1) is 0 Å². The second-order valence-electron chi connectivity index (χ2n) is 3.71. The molecule has 0 spiro atoms. The van der Waals surface area contributed by atoms with Crippen LogP contribution in [0.5, 0.6) is 5.75 Å². The molecule has 1 N–H and O–H groups in total. The molecule has 0 radical (unpaired) electrons. The maximum atomic E-state index is 11.0. The van der Waals surface area contributed by atoms with Crippen molar-refractivity contribution in [1.29, 1.82) is 0 Å². The van der Waals surface area contributed by atoms with E-state index in [-0.39, 0.29) is 4.88 Å². The van der Waals surface area contributed by atoms with E-state index < -0.39 is 12.1 Å². The summed E-state index contributed by atoms with van der Waals surface area (Å²) in [6, 6.07) is 4.84. The van der Waals surface area contributed by atoms with E-state index in [1.807, 2.05) is 0 Å². The second-order valence-corrected chi connectivity index (χ2v) is 5.41. The summed E-state index contributed by atoms with van der Waals surface area (Å²) in [5.74, 6) is -0.585. The molecule has 0 aliphatic heterocycles. The monoisotopic (exact) mass is 317 g/mol.